The molecular formula is C15H19BrN2O. The summed E-state index contributed by atoms with van der Waals surface area (Å²) < 4.78 is 1.25. The third-order valence-corrected chi connectivity index (χ3v) is 5.28. The molecule has 3 rings (SSSR count). The smallest absolute Gasteiger partial charge is 0.243 e. The third-order valence-electron chi connectivity index (χ3n) is 4.74. The highest BCUT2D eigenvalue weighted by Gasteiger charge is 2.47. The van der Waals surface area contributed by atoms with Crippen LogP contribution in [0.15, 0.2) is 27.3 Å². The predicted octanol–water partition coefficient (Wildman–Crippen LogP) is 3.48. The van der Waals surface area contributed by atoms with Gasteiger partial charge in [0.2, 0.25) is 5.91 Å². The molecule has 1 saturated carbocycles. The molecule has 0 aromatic heterocycles. The van der Waals surface area contributed by atoms with Gasteiger partial charge in [0.15, 0.2) is 0 Å². The Bertz CT molecular complexity index is 534. The highest BCUT2D eigenvalue weighted by Crippen LogP contribution is 2.52. The summed E-state index contributed by atoms with van der Waals surface area (Å²) in [5, 5.41) is 6.09. The van der Waals surface area contributed by atoms with Crippen LogP contribution in [0.4, 0.5) is 0 Å². The molecule has 0 N–H and O–H groups in total. The van der Waals surface area contributed by atoms with E-state index in [-0.39, 0.29) is 11.3 Å². The average molecular weight is 323 g/mol. The minimum absolute atomic E-state index is 0.136. The van der Waals surface area contributed by atoms with Crippen molar-refractivity contribution in [3.8, 4) is 0 Å². The van der Waals surface area contributed by atoms with E-state index in [1.165, 1.54) is 15.1 Å². The Hall–Kier alpha value is -0.900. The van der Waals surface area contributed by atoms with Crippen molar-refractivity contribution in [2.24, 2.45) is 22.4 Å². The molecule has 0 radical (unpaired) electrons. The number of rotatable bonds is 0. The molecule has 4 heteroatoms. The summed E-state index contributed by atoms with van der Waals surface area (Å²) in [4.78, 5) is 11.9. The van der Waals surface area contributed by atoms with Crippen molar-refractivity contribution in [2.75, 3.05) is 7.05 Å². The molecule has 2 aliphatic carbocycles. The van der Waals surface area contributed by atoms with E-state index in [0.29, 0.717) is 18.3 Å². The summed E-state index contributed by atoms with van der Waals surface area (Å²) in [6, 6.07) is 0. The lowest BCUT2D eigenvalue weighted by molar-refractivity contribution is -0.131. The first-order valence-electron chi connectivity index (χ1n) is 6.83. The molecule has 0 bridgehead atoms. The van der Waals surface area contributed by atoms with Crippen LogP contribution >= 0.6 is 15.9 Å². The van der Waals surface area contributed by atoms with Crippen molar-refractivity contribution in [1.82, 2.24) is 5.01 Å². The van der Waals surface area contributed by atoms with E-state index in [2.05, 4.69) is 47.0 Å². The van der Waals surface area contributed by atoms with Crippen molar-refractivity contribution in [2.45, 2.75) is 33.1 Å². The minimum Gasteiger partial charge on any atom is -0.273 e. The number of fused-ring (bicyclic) bond motifs is 3. The zero-order valence-corrected chi connectivity index (χ0v) is 13.2. The van der Waals surface area contributed by atoms with Gasteiger partial charge in [0.1, 0.15) is 0 Å². The number of carbonyl (C=O) groups excluding carboxylic acids is 1. The van der Waals surface area contributed by atoms with Gasteiger partial charge in [0.25, 0.3) is 0 Å². The number of allylic oxidation sites excluding steroid dienone is 4. The molecule has 3 unspecified atom stereocenters. The maximum Gasteiger partial charge on any atom is 0.243 e. The third kappa shape index (κ3) is 2.00. The van der Waals surface area contributed by atoms with E-state index in [1.54, 1.807) is 7.05 Å². The van der Waals surface area contributed by atoms with Crippen LogP contribution in [0.2, 0.25) is 0 Å². The molecule has 1 amide bonds. The number of hydrogen-bond donors (Lipinski definition) is 0. The van der Waals surface area contributed by atoms with E-state index in [0.717, 1.165) is 18.6 Å². The van der Waals surface area contributed by atoms with Crippen LogP contribution < -0.4 is 0 Å². The summed E-state index contributed by atoms with van der Waals surface area (Å²) in [7, 11) is 1.76. The molecule has 0 spiro atoms. The van der Waals surface area contributed by atoms with Crippen LogP contribution in [0, 0.1) is 17.3 Å². The summed E-state index contributed by atoms with van der Waals surface area (Å²) in [6.45, 7) is 4.58. The molecule has 3 atom stereocenters. The van der Waals surface area contributed by atoms with Gasteiger partial charge in [-0.25, -0.2) is 5.01 Å². The van der Waals surface area contributed by atoms with Gasteiger partial charge in [-0.05, 0) is 34.2 Å². The highest BCUT2D eigenvalue weighted by molar-refractivity contribution is 9.11. The molecule has 3 nitrogen and oxygen atoms in total. The Morgan fingerprint density at radius 3 is 2.95 bits per heavy atom. The van der Waals surface area contributed by atoms with E-state index >= 15 is 0 Å². The molecule has 1 heterocycles. The number of nitrogens with zero attached hydrogens (tertiary/aromatic N) is 2. The second-order valence-electron chi connectivity index (χ2n) is 6.33. The number of carbonyl (C=O) groups is 1. The number of hydrogen-bond acceptors (Lipinski definition) is 2. The Morgan fingerprint density at radius 2 is 2.21 bits per heavy atom. The van der Waals surface area contributed by atoms with Crippen molar-refractivity contribution >= 4 is 27.5 Å². The largest absolute Gasteiger partial charge is 0.273 e. The first-order chi connectivity index (χ1) is 8.90. The predicted molar refractivity (Wildman–Crippen MR) is 79.9 cm³/mol. The summed E-state index contributed by atoms with van der Waals surface area (Å²) in [6.07, 6.45) is 7.09. The van der Waals surface area contributed by atoms with Gasteiger partial charge >= 0.3 is 0 Å². The van der Waals surface area contributed by atoms with Crippen LogP contribution in [0.5, 0.6) is 0 Å². The van der Waals surface area contributed by atoms with Crippen molar-refractivity contribution < 1.29 is 4.79 Å². The second kappa shape index (κ2) is 4.30. The molecule has 19 heavy (non-hydrogen) atoms. The molecular weight excluding hydrogens is 304 g/mol. The van der Waals surface area contributed by atoms with Crippen LogP contribution in [-0.2, 0) is 4.79 Å². The van der Waals surface area contributed by atoms with Gasteiger partial charge in [0, 0.05) is 19.4 Å². The van der Waals surface area contributed by atoms with Crippen LogP contribution in [0.1, 0.15) is 33.1 Å². The first-order valence-corrected chi connectivity index (χ1v) is 7.62. The van der Waals surface area contributed by atoms with E-state index in [9.17, 15) is 4.79 Å². The summed E-state index contributed by atoms with van der Waals surface area (Å²) >= 11 is 3.63. The fourth-order valence-corrected chi connectivity index (χ4v) is 4.52. The fourth-order valence-electron chi connectivity index (χ4n) is 3.76. The Balaban J connectivity index is 2.10. The van der Waals surface area contributed by atoms with E-state index in [1.807, 2.05) is 0 Å². The van der Waals surface area contributed by atoms with Crippen LogP contribution in [0.3, 0.4) is 0 Å². The molecule has 1 aliphatic heterocycles. The van der Waals surface area contributed by atoms with E-state index in [4.69, 9.17) is 0 Å². The van der Waals surface area contributed by atoms with Crippen LogP contribution in [-0.4, -0.2) is 23.7 Å². The van der Waals surface area contributed by atoms with Gasteiger partial charge in [-0.15, -0.1) is 0 Å². The molecule has 3 aliphatic rings. The van der Waals surface area contributed by atoms with Gasteiger partial charge in [-0.3, -0.25) is 4.79 Å². The number of halogens is 1. The maximum absolute atomic E-state index is 11.9. The lowest BCUT2D eigenvalue weighted by Gasteiger charge is -2.47. The summed E-state index contributed by atoms with van der Waals surface area (Å²) in [5.41, 5.74) is 2.63. The molecule has 1 fully saturated rings. The van der Waals surface area contributed by atoms with Crippen molar-refractivity contribution in [1.29, 1.82) is 0 Å². The normalized spacial score (nSPS) is 38.0. The zero-order valence-electron chi connectivity index (χ0n) is 11.6. The topological polar surface area (TPSA) is 32.7 Å². The van der Waals surface area contributed by atoms with Crippen molar-refractivity contribution in [3.63, 3.8) is 0 Å². The number of hydrazone groups is 1. The highest BCUT2D eigenvalue weighted by atomic mass is 79.9. The quantitative estimate of drug-likeness (QED) is 0.672. The van der Waals surface area contributed by atoms with Crippen molar-refractivity contribution in [3.05, 3.63) is 22.2 Å². The molecule has 0 aromatic rings. The lowest BCUT2D eigenvalue weighted by Crippen LogP contribution is -2.46. The SMILES string of the molecule is CC1CC2(C)CC(Br)=CC=C2C2=NN(C)C(=O)CC21. The zero-order chi connectivity index (χ0) is 13.8. The standard InChI is InChI=1S/C15H19BrN2O/c1-9-7-15(2)8-10(16)4-5-12(15)14-11(9)6-13(19)18(3)17-14/h4-5,9,11H,6-8H2,1-3H3. The van der Waals surface area contributed by atoms with Gasteiger partial charge in [-0.2, -0.15) is 5.10 Å². The van der Waals surface area contributed by atoms with E-state index < -0.39 is 0 Å². The van der Waals surface area contributed by atoms with Gasteiger partial charge in [0.05, 0.1) is 5.71 Å². The Kier molecular flexibility index (Phi) is 2.97. The second-order valence-corrected chi connectivity index (χ2v) is 7.34. The molecule has 102 valence electrons. The molecule has 0 aromatic carbocycles. The average Bonchev–Trinajstić information content (AvgIpc) is 2.30. The Morgan fingerprint density at radius 1 is 1.47 bits per heavy atom. The monoisotopic (exact) mass is 322 g/mol. The van der Waals surface area contributed by atoms with Gasteiger partial charge < -0.3 is 0 Å². The minimum atomic E-state index is 0.136. The van der Waals surface area contributed by atoms with Crippen LogP contribution in [0.25, 0.3) is 0 Å². The molecule has 0 saturated heterocycles. The Labute approximate surface area is 122 Å². The summed E-state index contributed by atoms with van der Waals surface area (Å²) in [5.74, 6) is 0.947. The van der Waals surface area contributed by atoms with Gasteiger partial charge in [-0.1, -0.05) is 41.9 Å². The fraction of sp³-hybridized carbons (Fsp3) is 0.600. The first kappa shape index (κ1) is 13.1. The lowest BCUT2D eigenvalue weighted by atomic mass is 9.59. The maximum atomic E-state index is 11.9. The number of amides is 1.